The molecule has 2 N–H and O–H groups in total. The summed E-state index contributed by atoms with van der Waals surface area (Å²) in [6.07, 6.45) is 4.15. The fourth-order valence-corrected chi connectivity index (χ4v) is 2.59. The number of amides is 2. The molecule has 7 nitrogen and oxygen atoms in total. The van der Waals surface area contributed by atoms with E-state index >= 15 is 0 Å². The largest absolute Gasteiger partial charge is 0.354 e. The summed E-state index contributed by atoms with van der Waals surface area (Å²) in [5.74, 6) is -0.131. The van der Waals surface area contributed by atoms with Gasteiger partial charge >= 0.3 is 0 Å². The quantitative estimate of drug-likeness (QED) is 0.777. The van der Waals surface area contributed by atoms with Gasteiger partial charge in [-0.25, -0.2) is 0 Å². The van der Waals surface area contributed by atoms with Crippen molar-refractivity contribution >= 4 is 11.8 Å². The number of nitrogens with zero attached hydrogens (tertiary/aromatic N) is 3. The first-order valence-electron chi connectivity index (χ1n) is 8.16. The number of aryl methyl sites for hydroxylation is 1. The molecule has 25 heavy (non-hydrogen) atoms. The van der Waals surface area contributed by atoms with Crippen molar-refractivity contribution in [2.24, 2.45) is 7.05 Å². The summed E-state index contributed by atoms with van der Waals surface area (Å²) in [4.78, 5) is 25.9. The standard InChI is InChI=1S/C18H25N5O2/c1-19-16(15-11-21-23(4)12-15)17(24)20-9-8-13-6-5-7-14(10-13)18(25)22(2)3/h5-7,10-12,16,19H,8-9H2,1-4H3,(H,20,24). The van der Waals surface area contributed by atoms with Crippen molar-refractivity contribution in [1.29, 1.82) is 0 Å². The lowest BCUT2D eigenvalue weighted by Crippen LogP contribution is -2.36. The Bertz CT molecular complexity index is 739. The van der Waals surface area contributed by atoms with Gasteiger partial charge in [0.1, 0.15) is 6.04 Å². The molecule has 7 heteroatoms. The van der Waals surface area contributed by atoms with Gasteiger partial charge in [-0.05, 0) is 31.2 Å². The molecule has 2 aromatic rings. The van der Waals surface area contributed by atoms with Crippen molar-refractivity contribution in [3.05, 3.63) is 53.3 Å². The Labute approximate surface area is 148 Å². The normalized spacial score (nSPS) is 11.8. The fraction of sp³-hybridized carbons (Fsp3) is 0.389. The topological polar surface area (TPSA) is 79.3 Å². The molecule has 0 radical (unpaired) electrons. The lowest BCUT2D eigenvalue weighted by Gasteiger charge is -2.15. The van der Waals surface area contributed by atoms with Crippen LogP contribution in [0.1, 0.15) is 27.5 Å². The van der Waals surface area contributed by atoms with Gasteiger partial charge in [0.2, 0.25) is 5.91 Å². The summed E-state index contributed by atoms with van der Waals surface area (Å²) >= 11 is 0. The van der Waals surface area contributed by atoms with Crippen molar-refractivity contribution in [2.45, 2.75) is 12.5 Å². The van der Waals surface area contributed by atoms with Crippen molar-refractivity contribution in [3.8, 4) is 0 Å². The third kappa shape index (κ3) is 4.90. The first kappa shape index (κ1) is 18.7. The van der Waals surface area contributed by atoms with Crippen LogP contribution in [0.4, 0.5) is 0 Å². The average Bonchev–Trinajstić information content (AvgIpc) is 3.01. The van der Waals surface area contributed by atoms with Gasteiger partial charge in [-0.15, -0.1) is 0 Å². The molecule has 0 saturated heterocycles. The van der Waals surface area contributed by atoms with Crippen LogP contribution in [0.3, 0.4) is 0 Å². The molecule has 1 aromatic heterocycles. The predicted octanol–water partition coefficient (Wildman–Crippen LogP) is 0.741. The maximum absolute atomic E-state index is 12.4. The van der Waals surface area contributed by atoms with E-state index in [0.29, 0.717) is 18.5 Å². The molecular weight excluding hydrogens is 318 g/mol. The van der Waals surface area contributed by atoms with E-state index in [0.717, 1.165) is 11.1 Å². The monoisotopic (exact) mass is 343 g/mol. The SMILES string of the molecule is CNC(C(=O)NCCc1cccc(C(=O)N(C)C)c1)c1cnn(C)c1. The Hall–Kier alpha value is -2.67. The zero-order valence-electron chi connectivity index (χ0n) is 15.1. The van der Waals surface area contributed by atoms with E-state index in [9.17, 15) is 9.59 Å². The van der Waals surface area contributed by atoms with E-state index in [2.05, 4.69) is 15.7 Å². The third-order valence-corrected chi connectivity index (χ3v) is 3.90. The van der Waals surface area contributed by atoms with Gasteiger partial charge < -0.3 is 15.5 Å². The Morgan fingerprint density at radius 2 is 2.08 bits per heavy atom. The number of carbonyl (C=O) groups is 2. The van der Waals surface area contributed by atoms with E-state index in [1.807, 2.05) is 31.4 Å². The molecule has 2 rings (SSSR count). The zero-order chi connectivity index (χ0) is 18.4. The number of likely N-dealkylation sites (N-methyl/N-ethyl adjacent to an activating group) is 1. The molecule has 0 spiro atoms. The van der Waals surface area contributed by atoms with E-state index in [-0.39, 0.29) is 11.8 Å². The maximum atomic E-state index is 12.4. The van der Waals surface area contributed by atoms with Crippen molar-refractivity contribution in [3.63, 3.8) is 0 Å². The van der Waals surface area contributed by atoms with Crippen LogP contribution in [0, 0.1) is 0 Å². The van der Waals surface area contributed by atoms with E-state index in [1.54, 1.807) is 43.0 Å². The van der Waals surface area contributed by atoms with Crippen molar-refractivity contribution in [2.75, 3.05) is 27.7 Å². The van der Waals surface area contributed by atoms with E-state index < -0.39 is 6.04 Å². The highest BCUT2D eigenvalue weighted by Crippen LogP contribution is 2.11. The van der Waals surface area contributed by atoms with E-state index in [1.165, 1.54) is 0 Å². The molecule has 0 aliphatic heterocycles. The lowest BCUT2D eigenvalue weighted by molar-refractivity contribution is -0.123. The molecule has 0 bridgehead atoms. The van der Waals surface area contributed by atoms with Gasteiger partial charge in [-0.3, -0.25) is 14.3 Å². The second-order valence-corrected chi connectivity index (χ2v) is 6.11. The van der Waals surface area contributed by atoms with Gasteiger partial charge in [-0.1, -0.05) is 12.1 Å². The Balaban J connectivity index is 1.92. The minimum atomic E-state index is -0.435. The molecule has 0 aliphatic rings. The molecule has 2 amide bonds. The molecule has 0 fully saturated rings. The second-order valence-electron chi connectivity index (χ2n) is 6.11. The summed E-state index contributed by atoms with van der Waals surface area (Å²) < 4.78 is 1.67. The molecule has 1 aromatic carbocycles. The van der Waals surface area contributed by atoms with Gasteiger partial charge in [0.15, 0.2) is 0 Å². The van der Waals surface area contributed by atoms with Gasteiger partial charge in [0.05, 0.1) is 6.20 Å². The third-order valence-electron chi connectivity index (χ3n) is 3.90. The highest BCUT2D eigenvalue weighted by atomic mass is 16.2. The highest BCUT2D eigenvalue weighted by Gasteiger charge is 2.19. The maximum Gasteiger partial charge on any atom is 0.253 e. The van der Waals surface area contributed by atoms with Crippen LogP contribution in [0.25, 0.3) is 0 Å². The number of nitrogens with one attached hydrogen (secondary N) is 2. The lowest BCUT2D eigenvalue weighted by atomic mass is 10.1. The Kier molecular flexibility index (Phi) is 6.30. The minimum absolute atomic E-state index is 0.0299. The number of carbonyl (C=O) groups excluding carboxylic acids is 2. The predicted molar refractivity (Wildman–Crippen MR) is 96.2 cm³/mol. The first-order valence-corrected chi connectivity index (χ1v) is 8.16. The van der Waals surface area contributed by atoms with E-state index in [4.69, 9.17) is 0 Å². The number of rotatable bonds is 7. The Morgan fingerprint density at radius 3 is 2.68 bits per heavy atom. The highest BCUT2D eigenvalue weighted by molar-refractivity contribution is 5.94. The van der Waals surface area contributed by atoms with Crippen molar-refractivity contribution in [1.82, 2.24) is 25.3 Å². The van der Waals surface area contributed by atoms with Crippen molar-refractivity contribution < 1.29 is 9.59 Å². The minimum Gasteiger partial charge on any atom is -0.354 e. The van der Waals surface area contributed by atoms with Crippen LogP contribution in [0.2, 0.25) is 0 Å². The summed E-state index contributed by atoms with van der Waals surface area (Å²) in [7, 11) is 7.01. The molecule has 1 heterocycles. The number of hydrogen-bond donors (Lipinski definition) is 2. The van der Waals surface area contributed by atoms with Gasteiger partial charge in [0.25, 0.3) is 5.91 Å². The van der Waals surface area contributed by atoms with Crippen LogP contribution in [-0.4, -0.2) is 54.2 Å². The number of benzene rings is 1. The molecular formula is C18H25N5O2. The molecule has 0 saturated carbocycles. The molecule has 134 valence electrons. The van der Waals surface area contributed by atoms with Crippen LogP contribution in [0.5, 0.6) is 0 Å². The molecule has 1 unspecified atom stereocenters. The van der Waals surface area contributed by atoms with Crippen LogP contribution in [0.15, 0.2) is 36.7 Å². The van der Waals surface area contributed by atoms with Gasteiger partial charge in [-0.2, -0.15) is 5.10 Å². The first-order chi connectivity index (χ1) is 11.9. The summed E-state index contributed by atoms with van der Waals surface area (Å²) in [6, 6.07) is 7.04. The summed E-state index contributed by atoms with van der Waals surface area (Å²) in [6.45, 7) is 0.497. The fourth-order valence-electron chi connectivity index (χ4n) is 2.59. The molecule has 1 atom stereocenters. The van der Waals surface area contributed by atoms with Gasteiger partial charge in [0, 0.05) is 45.0 Å². The number of hydrogen-bond acceptors (Lipinski definition) is 4. The average molecular weight is 343 g/mol. The summed E-state index contributed by atoms with van der Waals surface area (Å²) in [5.41, 5.74) is 2.48. The zero-order valence-corrected chi connectivity index (χ0v) is 15.1. The summed E-state index contributed by atoms with van der Waals surface area (Å²) in [5, 5.41) is 10.0. The van der Waals surface area contributed by atoms with Crippen LogP contribution < -0.4 is 10.6 Å². The van der Waals surface area contributed by atoms with Crippen LogP contribution in [-0.2, 0) is 18.3 Å². The smallest absolute Gasteiger partial charge is 0.253 e. The second kappa shape index (κ2) is 8.43. The Morgan fingerprint density at radius 1 is 1.32 bits per heavy atom. The van der Waals surface area contributed by atoms with Crippen LogP contribution >= 0.6 is 0 Å². The molecule has 0 aliphatic carbocycles. The number of aromatic nitrogens is 2.